The summed E-state index contributed by atoms with van der Waals surface area (Å²) < 4.78 is 6.30. The molecule has 2 aromatic rings. The average Bonchev–Trinajstić information content (AvgIpc) is 3.09. The number of benzene rings is 1. The number of aryl methyl sites for hydroxylation is 1. The van der Waals surface area contributed by atoms with Crippen LogP contribution in [0, 0.1) is 6.92 Å². The van der Waals surface area contributed by atoms with E-state index in [0.717, 1.165) is 10.2 Å². The van der Waals surface area contributed by atoms with Crippen LogP contribution < -0.4 is 10.6 Å². The number of carbonyl (C=O) groups excluding carboxylic acids is 3. The van der Waals surface area contributed by atoms with Crippen LogP contribution in [0.2, 0.25) is 0 Å². The molecule has 0 saturated carbocycles. The normalized spacial score (nSPS) is 14.1. The molecule has 2 N–H and O–H groups in total. The quantitative estimate of drug-likeness (QED) is 0.733. The lowest BCUT2D eigenvalue weighted by Gasteiger charge is -2.33. The molecule has 0 unspecified atom stereocenters. The largest absolute Gasteiger partial charge is 0.465 e. The number of furan rings is 1. The van der Waals surface area contributed by atoms with Crippen molar-refractivity contribution in [2.24, 2.45) is 0 Å². The van der Waals surface area contributed by atoms with Crippen LogP contribution in [-0.2, 0) is 16.1 Å². The lowest BCUT2D eigenvalue weighted by Crippen LogP contribution is -2.55. The molecule has 8 nitrogen and oxygen atoms in total. The molecule has 3 rings (SSSR count). The van der Waals surface area contributed by atoms with Gasteiger partial charge >= 0.3 is 6.03 Å². The predicted octanol–water partition coefficient (Wildman–Crippen LogP) is 2.34. The maximum absolute atomic E-state index is 12.3. The Morgan fingerprint density at radius 2 is 1.89 bits per heavy atom. The molecular weight excluding hydrogens is 428 g/mol. The van der Waals surface area contributed by atoms with Crippen molar-refractivity contribution in [2.75, 3.05) is 31.5 Å². The molecule has 0 bridgehead atoms. The summed E-state index contributed by atoms with van der Waals surface area (Å²) in [5.41, 5.74) is 0.649. The van der Waals surface area contributed by atoms with Gasteiger partial charge in [0.15, 0.2) is 0 Å². The topological polar surface area (TPSA) is 94.9 Å². The Bertz CT molecular complexity index is 865. The van der Waals surface area contributed by atoms with Gasteiger partial charge in [-0.05, 0) is 43.3 Å². The van der Waals surface area contributed by atoms with E-state index in [4.69, 9.17) is 4.42 Å². The molecule has 1 fully saturated rings. The molecule has 9 heteroatoms. The molecule has 1 aliphatic heterocycles. The highest BCUT2D eigenvalue weighted by Crippen LogP contribution is 2.15. The number of anilines is 1. The summed E-state index contributed by atoms with van der Waals surface area (Å²) in [4.78, 5) is 39.6. The molecule has 148 valence electrons. The molecule has 0 radical (unpaired) electrons. The number of hydrogen-bond acceptors (Lipinski definition) is 4. The third-order valence-electron chi connectivity index (χ3n) is 4.29. The van der Waals surface area contributed by atoms with Crippen molar-refractivity contribution in [3.63, 3.8) is 0 Å². The number of urea groups is 1. The number of nitrogens with one attached hydrogen (secondary N) is 2. The first-order chi connectivity index (χ1) is 13.4. The highest BCUT2D eigenvalue weighted by molar-refractivity contribution is 9.10. The highest BCUT2D eigenvalue weighted by atomic mass is 79.9. The van der Waals surface area contributed by atoms with E-state index in [9.17, 15) is 14.4 Å². The fraction of sp³-hybridized carbons (Fsp3) is 0.316. The molecule has 28 heavy (non-hydrogen) atoms. The van der Waals surface area contributed by atoms with Crippen molar-refractivity contribution in [3.8, 4) is 0 Å². The molecule has 4 amide bonds. The van der Waals surface area contributed by atoms with Gasteiger partial charge in [0.1, 0.15) is 18.1 Å². The minimum atomic E-state index is -0.340. The molecule has 1 aromatic carbocycles. The van der Waals surface area contributed by atoms with Gasteiger partial charge in [-0.3, -0.25) is 9.59 Å². The number of hydrogen-bond donors (Lipinski definition) is 2. The Balaban J connectivity index is 1.45. The highest BCUT2D eigenvalue weighted by Gasteiger charge is 2.28. The van der Waals surface area contributed by atoms with Gasteiger partial charge in [-0.1, -0.05) is 15.9 Å². The van der Waals surface area contributed by atoms with Gasteiger partial charge in [0.25, 0.3) is 0 Å². The zero-order chi connectivity index (χ0) is 20.1. The van der Waals surface area contributed by atoms with Crippen molar-refractivity contribution < 1.29 is 18.8 Å². The predicted molar refractivity (Wildman–Crippen MR) is 107 cm³/mol. The van der Waals surface area contributed by atoms with Crippen LogP contribution in [0.15, 0.2) is 45.3 Å². The second-order valence-corrected chi connectivity index (χ2v) is 7.38. The van der Waals surface area contributed by atoms with Crippen LogP contribution in [0.5, 0.6) is 0 Å². The minimum absolute atomic E-state index is 0.0410. The van der Waals surface area contributed by atoms with Gasteiger partial charge in [0, 0.05) is 23.2 Å². The van der Waals surface area contributed by atoms with Crippen molar-refractivity contribution in [1.29, 1.82) is 0 Å². The molecule has 1 aromatic heterocycles. The standard InChI is InChI=1S/C19H21BrN4O4/c1-13-2-7-16(28-13)10-21-17(25)11-23-8-9-24(12-18(23)26)19(27)22-15-5-3-14(20)4-6-15/h2-7H,8-12H2,1H3,(H,21,25)(H,22,27). The van der Waals surface area contributed by atoms with Gasteiger partial charge in [-0.2, -0.15) is 0 Å². The van der Waals surface area contributed by atoms with Crippen LogP contribution in [-0.4, -0.2) is 53.8 Å². The first kappa shape index (κ1) is 19.9. The lowest BCUT2D eigenvalue weighted by molar-refractivity contribution is -0.139. The summed E-state index contributed by atoms with van der Waals surface area (Å²) in [6, 6.07) is 10.5. The maximum atomic E-state index is 12.3. The zero-order valence-corrected chi connectivity index (χ0v) is 17.0. The lowest BCUT2D eigenvalue weighted by atomic mass is 10.3. The van der Waals surface area contributed by atoms with E-state index in [1.165, 1.54) is 9.80 Å². The van der Waals surface area contributed by atoms with Gasteiger partial charge in [0.05, 0.1) is 13.1 Å². The van der Waals surface area contributed by atoms with Crippen LogP contribution in [0.1, 0.15) is 11.5 Å². The van der Waals surface area contributed by atoms with Gasteiger partial charge < -0.3 is 24.9 Å². The molecule has 1 saturated heterocycles. The third-order valence-corrected chi connectivity index (χ3v) is 4.82. The van der Waals surface area contributed by atoms with Crippen molar-refractivity contribution in [3.05, 3.63) is 52.4 Å². The molecule has 2 heterocycles. The first-order valence-electron chi connectivity index (χ1n) is 8.82. The Labute approximate surface area is 171 Å². The molecule has 0 aliphatic carbocycles. The average molecular weight is 449 g/mol. The number of halogens is 1. The zero-order valence-electron chi connectivity index (χ0n) is 15.4. The van der Waals surface area contributed by atoms with Gasteiger partial charge in [-0.15, -0.1) is 0 Å². The van der Waals surface area contributed by atoms with Gasteiger partial charge in [0.2, 0.25) is 11.8 Å². The monoisotopic (exact) mass is 448 g/mol. The maximum Gasteiger partial charge on any atom is 0.322 e. The first-order valence-corrected chi connectivity index (χ1v) is 9.61. The van der Waals surface area contributed by atoms with E-state index in [2.05, 4.69) is 26.6 Å². The fourth-order valence-corrected chi connectivity index (χ4v) is 3.04. The molecule has 0 atom stereocenters. The Morgan fingerprint density at radius 1 is 1.14 bits per heavy atom. The summed E-state index contributed by atoms with van der Waals surface area (Å²) >= 11 is 3.34. The number of amides is 4. The van der Waals surface area contributed by atoms with E-state index in [0.29, 0.717) is 24.5 Å². The Morgan fingerprint density at radius 3 is 2.54 bits per heavy atom. The third kappa shape index (κ3) is 5.35. The van der Waals surface area contributed by atoms with Crippen molar-refractivity contribution in [2.45, 2.75) is 13.5 Å². The minimum Gasteiger partial charge on any atom is -0.465 e. The van der Waals surface area contributed by atoms with Crippen LogP contribution in [0.4, 0.5) is 10.5 Å². The van der Waals surface area contributed by atoms with E-state index in [1.54, 1.807) is 18.2 Å². The van der Waals surface area contributed by atoms with E-state index in [-0.39, 0.29) is 37.5 Å². The van der Waals surface area contributed by atoms with E-state index < -0.39 is 0 Å². The fourth-order valence-electron chi connectivity index (χ4n) is 2.78. The van der Waals surface area contributed by atoms with Crippen LogP contribution >= 0.6 is 15.9 Å². The molecule has 1 aliphatic rings. The van der Waals surface area contributed by atoms with Crippen molar-refractivity contribution in [1.82, 2.24) is 15.1 Å². The number of rotatable bonds is 5. The molecule has 0 spiro atoms. The SMILES string of the molecule is Cc1ccc(CNC(=O)CN2CCN(C(=O)Nc3ccc(Br)cc3)CC2=O)o1. The van der Waals surface area contributed by atoms with Crippen LogP contribution in [0.25, 0.3) is 0 Å². The summed E-state index contributed by atoms with van der Waals surface area (Å²) in [7, 11) is 0. The Kier molecular flexibility index (Phi) is 6.35. The number of carbonyl (C=O) groups is 3. The van der Waals surface area contributed by atoms with Crippen molar-refractivity contribution >= 4 is 39.5 Å². The summed E-state index contributed by atoms with van der Waals surface area (Å²) in [5.74, 6) is 0.903. The number of nitrogens with zero attached hydrogens (tertiary/aromatic N) is 2. The summed E-state index contributed by atoms with van der Waals surface area (Å²) in [6.45, 7) is 2.67. The Hall–Kier alpha value is -2.81. The van der Waals surface area contributed by atoms with Crippen LogP contribution in [0.3, 0.4) is 0 Å². The second kappa shape index (κ2) is 8.92. The smallest absolute Gasteiger partial charge is 0.322 e. The summed E-state index contributed by atoms with van der Waals surface area (Å²) in [5, 5.41) is 5.49. The second-order valence-electron chi connectivity index (χ2n) is 6.46. The van der Waals surface area contributed by atoms with E-state index in [1.807, 2.05) is 25.1 Å². The number of piperazine rings is 1. The van der Waals surface area contributed by atoms with E-state index >= 15 is 0 Å². The summed E-state index contributed by atoms with van der Waals surface area (Å²) in [6.07, 6.45) is 0. The molecular formula is C19H21BrN4O4. The van der Waals surface area contributed by atoms with Gasteiger partial charge in [-0.25, -0.2) is 4.79 Å².